The molecule has 0 spiro atoms. The highest BCUT2D eigenvalue weighted by Gasteiger charge is 2.30. The van der Waals surface area contributed by atoms with E-state index in [1.165, 1.54) is 10.6 Å². The monoisotopic (exact) mass is 456 g/mol. The van der Waals surface area contributed by atoms with E-state index in [1.807, 2.05) is 24.5 Å². The number of aryl methyl sites for hydroxylation is 1. The van der Waals surface area contributed by atoms with Gasteiger partial charge < -0.3 is 14.4 Å². The molecule has 2 aromatic heterocycles. The van der Waals surface area contributed by atoms with Crippen molar-refractivity contribution in [2.24, 2.45) is 0 Å². The summed E-state index contributed by atoms with van der Waals surface area (Å²) in [6.45, 7) is 6.60. The molecular formula is C21H24N6O4S. The van der Waals surface area contributed by atoms with Crippen LogP contribution in [-0.4, -0.2) is 71.6 Å². The first kappa shape index (κ1) is 20.7. The van der Waals surface area contributed by atoms with Gasteiger partial charge in [-0.05, 0) is 26.0 Å². The summed E-state index contributed by atoms with van der Waals surface area (Å²) in [5.41, 5.74) is 1.97. The largest absolute Gasteiger partial charge is 0.486 e. The van der Waals surface area contributed by atoms with Crippen molar-refractivity contribution in [1.82, 2.24) is 23.8 Å². The number of fused-ring (bicyclic) bond motifs is 1. The van der Waals surface area contributed by atoms with Crippen molar-refractivity contribution < 1.29 is 17.9 Å². The van der Waals surface area contributed by atoms with Crippen LogP contribution in [0.5, 0.6) is 11.5 Å². The third-order valence-corrected chi connectivity index (χ3v) is 7.75. The molecule has 4 heterocycles. The molecule has 11 heteroatoms. The van der Waals surface area contributed by atoms with Gasteiger partial charge in [0.1, 0.15) is 37.5 Å². The van der Waals surface area contributed by atoms with Crippen LogP contribution < -0.4 is 14.4 Å². The molecule has 32 heavy (non-hydrogen) atoms. The highest BCUT2D eigenvalue weighted by atomic mass is 32.2. The maximum absolute atomic E-state index is 13.2. The number of anilines is 1. The number of hydrogen-bond acceptors (Lipinski definition) is 8. The Kier molecular flexibility index (Phi) is 5.22. The van der Waals surface area contributed by atoms with Gasteiger partial charge in [-0.3, -0.25) is 4.57 Å². The van der Waals surface area contributed by atoms with Gasteiger partial charge in [0.05, 0.1) is 10.6 Å². The van der Waals surface area contributed by atoms with Crippen molar-refractivity contribution in [1.29, 1.82) is 0 Å². The Morgan fingerprint density at radius 3 is 2.31 bits per heavy atom. The molecule has 1 aromatic carbocycles. The molecule has 0 aliphatic carbocycles. The molecule has 0 atom stereocenters. The number of nitrogens with zero attached hydrogens (tertiary/aromatic N) is 6. The zero-order valence-corrected chi connectivity index (χ0v) is 18.7. The van der Waals surface area contributed by atoms with Crippen molar-refractivity contribution in [2.45, 2.75) is 18.7 Å². The zero-order valence-electron chi connectivity index (χ0n) is 17.9. The Morgan fingerprint density at radius 2 is 1.59 bits per heavy atom. The first-order valence-corrected chi connectivity index (χ1v) is 11.9. The van der Waals surface area contributed by atoms with Gasteiger partial charge in [0.25, 0.3) is 0 Å². The summed E-state index contributed by atoms with van der Waals surface area (Å²) in [5.74, 6) is 2.54. The summed E-state index contributed by atoms with van der Waals surface area (Å²) >= 11 is 0. The SMILES string of the molecule is Cc1ncn(-c2cc(N3CCN(S(=O)(=O)c4ccc5c(c4)OCCO5)CC3)ncn2)c1C. The number of hydrogen-bond donors (Lipinski definition) is 0. The highest BCUT2D eigenvalue weighted by molar-refractivity contribution is 7.89. The minimum Gasteiger partial charge on any atom is -0.486 e. The highest BCUT2D eigenvalue weighted by Crippen LogP contribution is 2.33. The van der Waals surface area contributed by atoms with Crippen LogP contribution in [0.4, 0.5) is 5.82 Å². The number of ether oxygens (including phenoxy) is 2. The number of rotatable bonds is 4. The van der Waals surface area contributed by atoms with Gasteiger partial charge in [0.15, 0.2) is 11.5 Å². The molecule has 1 saturated heterocycles. The number of benzene rings is 1. The average molecular weight is 457 g/mol. The summed E-state index contributed by atoms with van der Waals surface area (Å²) in [4.78, 5) is 15.4. The summed E-state index contributed by atoms with van der Waals surface area (Å²) in [7, 11) is -3.63. The number of imidazole rings is 1. The van der Waals surface area contributed by atoms with Crippen LogP contribution in [0.15, 0.2) is 41.8 Å². The summed E-state index contributed by atoms with van der Waals surface area (Å²) < 4.78 is 40.8. The van der Waals surface area contributed by atoms with Crippen molar-refractivity contribution in [3.05, 3.63) is 48.3 Å². The van der Waals surface area contributed by atoms with Crippen LogP contribution in [0.3, 0.4) is 0 Å². The van der Waals surface area contributed by atoms with Crippen LogP contribution in [0.1, 0.15) is 11.4 Å². The Bertz CT molecular complexity index is 1250. The molecule has 1 fully saturated rings. The lowest BCUT2D eigenvalue weighted by Gasteiger charge is -2.34. The Morgan fingerprint density at radius 1 is 0.875 bits per heavy atom. The van der Waals surface area contributed by atoms with E-state index in [1.54, 1.807) is 24.5 Å². The van der Waals surface area contributed by atoms with E-state index in [9.17, 15) is 8.42 Å². The summed E-state index contributed by atoms with van der Waals surface area (Å²) in [5, 5.41) is 0. The molecule has 0 bridgehead atoms. The van der Waals surface area contributed by atoms with E-state index >= 15 is 0 Å². The maximum atomic E-state index is 13.2. The van der Waals surface area contributed by atoms with E-state index in [0.29, 0.717) is 50.9 Å². The lowest BCUT2D eigenvalue weighted by molar-refractivity contribution is 0.171. The minimum absolute atomic E-state index is 0.213. The Hall–Kier alpha value is -3.18. The minimum atomic E-state index is -3.63. The van der Waals surface area contributed by atoms with Gasteiger partial charge in [-0.15, -0.1) is 0 Å². The molecule has 2 aliphatic rings. The van der Waals surface area contributed by atoms with E-state index < -0.39 is 10.0 Å². The lowest BCUT2D eigenvalue weighted by Crippen LogP contribution is -2.49. The van der Waals surface area contributed by atoms with Gasteiger partial charge in [0, 0.05) is 44.0 Å². The van der Waals surface area contributed by atoms with Crippen LogP contribution in [-0.2, 0) is 10.0 Å². The number of aromatic nitrogens is 4. The molecule has 0 amide bonds. The molecule has 5 rings (SSSR count). The predicted molar refractivity (Wildman–Crippen MR) is 117 cm³/mol. The fourth-order valence-electron chi connectivity index (χ4n) is 3.86. The Labute approximate surface area is 186 Å². The van der Waals surface area contributed by atoms with Crippen molar-refractivity contribution in [3.63, 3.8) is 0 Å². The van der Waals surface area contributed by atoms with Crippen LogP contribution >= 0.6 is 0 Å². The quantitative estimate of drug-likeness (QED) is 0.583. The third kappa shape index (κ3) is 3.67. The molecule has 3 aromatic rings. The molecule has 2 aliphatic heterocycles. The first-order chi connectivity index (χ1) is 15.4. The predicted octanol–water partition coefficient (Wildman–Crippen LogP) is 1.56. The van der Waals surface area contributed by atoms with Crippen molar-refractivity contribution in [2.75, 3.05) is 44.3 Å². The second-order valence-electron chi connectivity index (χ2n) is 7.72. The second kappa shape index (κ2) is 8.06. The van der Waals surface area contributed by atoms with Crippen LogP contribution in [0.25, 0.3) is 5.82 Å². The lowest BCUT2D eigenvalue weighted by atomic mass is 10.3. The molecule has 0 radical (unpaired) electrons. The van der Waals surface area contributed by atoms with Gasteiger partial charge in [-0.2, -0.15) is 4.31 Å². The van der Waals surface area contributed by atoms with Crippen LogP contribution in [0.2, 0.25) is 0 Å². The van der Waals surface area contributed by atoms with Crippen molar-refractivity contribution in [3.8, 4) is 17.3 Å². The molecule has 0 unspecified atom stereocenters. The second-order valence-corrected chi connectivity index (χ2v) is 9.65. The first-order valence-electron chi connectivity index (χ1n) is 10.4. The fraction of sp³-hybridized carbons (Fsp3) is 0.381. The van der Waals surface area contributed by atoms with E-state index in [4.69, 9.17) is 9.47 Å². The average Bonchev–Trinajstić information content (AvgIpc) is 3.17. The van der Waals surface area contributed by atoms with Gasteiger partial charge >= 0.3 is 0 Å². The maximum Gasteiger partial charge on any atom is 0.243 e. The van der Waals surface area contributed by atoms with Gasteiger partial charge in [-0.25, -0.2) is 23.4 Å². The van der Waals surface area contributed by atoms with E-state index in [0.717, 1.165) is 23.0 Å². The van der Waals surface area contributed by atoms with Crippen LogP contribution in [0, 0.1) is 13.8 Å². The summed E-state index contributed by atoms with van der Waals surface area (Å²) in [6.07, 6.45) is 3.27. The smallest absolute Gasteiger partial charge is 0.243 e. The topological polar surface area (TPSA) is 103 Å². The Balaban J connectivity index is 1.31. The number of sulfonamides is 1. The molecule has 0 saturated carbocycles. The molecule has 10 nitrogen and oxygen atoms in total. The van der Waals surface area contributed by atoms with Gasteiger partial charge in [0.2, 0.25) is 10.0 Å². The normalized spacial score (nSPS) is 16.9. The van der Waals surface area contributed by atoms with Crippen molar-refractivity contribution >= 4 is 15.8 Å². The van der Waals surface area contributed by atoms with E-state index in [2.05, 4.69) is 19.9 Å². The third-order valence-electron chi connectivity index (χ3n) is 5.85. The standard InChI is InChI=1S/C21H24N6O4S/c1-15-16(2)27(14-24-15)21-12-20(22-13-23-21)25-5-7-26(8-6-25)32(28,29)17-3-4-18-19(11-17)31-10-9-30-18/h3-4,11-14H,5-10H2,1-2H3. The van der Waals surface area contributed by atoms with E-state index in [-0.39, 0.29) is 4.90 Å². The fourth-order valence-corrected chi connectivity index (χ4v) is 5.30. The summed E-state index contributed by atoms with van der Waals surface area (Å²) in [6, 6.07) is 6.67. The molecule has 0 N–H and O–H groups in total. The zero-order chi connectivity index (χ0) is 22.3. The molecule has 168 valence electrons. The number of piperazine rings is 1. The van der Waals surface area contributed by atoms with Gasteiger partial charge in [-0.1, -0.05) is 0 Å². The molecular weight excluding hydrogens is 432 g/mol.